The van der Waals surface area contributed by atoms with Crippen LogP contribution in [0.3, 0.4) is 0 Å². The molecule has 3 atom stereocenters. The number of rotatable bonds is 50. The van der Waals surface area contributed by atoms with Gasteiger partial charge in [0.2, 0.25) is 0 Å². The second-order valence-corrected chi connectivity index (χ2v) is 24.6. The van der Waals surface area contributed by atoms with Crippen molar-refractivity contribution in [3.05, 3.63) is 12.8 Å². The lowest BCUT2D eigenvalue weighted by molar-refractivity contribution is -0.211. The van der Waals surface area contributed by atoms with Crippen molar-refractivity contribution in [3.8, 4) is 0 Å². The molecule has 0 aromatic carbocycles. The quantitative estimate of drug-likeness (QED) is 0.0336. The van der Waals surface area contributed by atoms with Gasteiger partial charge in [-0.2, -0.15) is 0 Å². The molecule has 16 nitrogen and oxygen atoms in total. The van der Waals surface area contributed by atoms with E-state index in [2.05, 4.69) is 123 Å². The minimum atomic E-state index is -1.29. The second-order valence-electron chi connectivity index (χ2n) is 24.6. The van der Waals surface area contributed by atoms with Crippen LogP contribution in [0.5, 0.6) is 0 Å². The first-order chi connectivity index (χ1) is 34.2. The van der Waals surface area contributed by atoms with Crippen molar-refractivity contribution in [2.75, 3.05) is 127 Å². The molecule has 0 heterocycles. The van der Waals surface area contributed by atoms with E-state index in [0.29, 0.717) is 119 Å². The Morgan fingerprint density at radius 3 is 1.43 bits per heavy atom. The number of aliphatic hydroxyl groups is 1. The average Bonchev–Trinajstić information content (AvgIpc) is 3.26. The van der Waals surface area contributed by atoms with E-state index in [0.717, 1.165) is 19.3 Å². The Kier molecular flexibility index (Phi) is 35.0. The third-order valence-electron chi connectivity index (χ3n) is 15.5. The van der Waals surface area contributed by atoms with Crippen molar-refractivity contribution in [1.29, 1.82) is 0 Å². The summed E-state index contributed by atoms with van der Waals surface area (Å²) in [5.74, 6) is 0. The van der Waals surface area contributed by atoms with Gasteiger partial charge in [-0.3, -0.25) is 5.32 Å². The topological polar surface area (TPSA) is 161 Å². The molecular weight excluding hydrogens is 951 g/mol. The fraction of sp³-hybridized carbons (Fsp3) is 0.966. The van der Waals surface area contributed by atoms with Crippen LogP contribution in [-0.2, 0) is 66.3 Å². The standard InChI is InChI=1S/C58H117NO15/c1-23-63-29-24-25-30-70-52(8,9)28-33-72-57(18,19)58(20,60)44-48(45-67-42-40-66-39-38-64-36-34-61-21)73-54(12,13)51(6,7)27-32-71-56(16,17)53(10,11)59-49(46-68-43-41-65-37-35-62-22)74-55(14,15)50(4,5)26-31-69-47(2)3/h23,47-49,59-60H,1,24-46H2,2-22H3. The van der Waals surface area contributed by atoms with Crippen molar-refractivity contribution in [2.45, 2.75) is 228 Å². The van der Waals surface area contributed by atoms with Gasteiger partial charge in [0, 0.05) is 46.0 Å². The van der Waals surface area contributed by atoms with Gasteiger partial charge in [-0.25, -0.2) is 0 Å². The number of unbranched alkanes of at least 4 members (excludes halogenated alkanes) is 1. The zero-order valence-corrected chi connectivity index (χ0v) is 51.4. The Balaban J connectivity index is 6.13. The summed E-state index contributed by atoms with van der Waals surface area (Å²) in [5, 5.41) is 16.1. The number of methoxy groups -OCH3 is 2. The first-order valence-electron chi connectivity index (χ1n) is 27.7. The lowest BCUT2D eigenvalue weighted by Gasteiger charge is -2.49. The Labute approximate surface area is 453 Å². The Morgan fingerprint density at radius 2 is 0.919 bits per heavy atom. The summed E-state index contributed by atoms with van der Waals surface area (Å²) in [6.07, 6.45) is 4.89. The Hall–Kier alpha value is -1.06. The molecule has 0 aromatic rings. The van der Waals surface area contributed by atoms with E-state index in [4.69, 9.17) is 66.3 Å². The average molecular weight is 1070 g/mol. The Morgan fingerprint density at radius 1 is 0.473 bits per heavy atom. The molecule has 0 aromatic heterocycles. The summed E-state index contributed by atoms with van der Waals surface area (Å²) >= 11 is 0. The highest BCUT2D eigenvalue weighted by molar-refractivity contribution is 4.99. The highest BCUT2D eigenvalue weighted by Crippen LogP contribution is 2.42. The normalized spacial score (nSPS) is 15.4. The van der Waals surface area contributed by atoms with Crippen molar-refractivity contribution in [3.63, 3.8) is 0 Å². The molecule has 0 fully saturated rings. The van der Waals surface area contributed by atoms with E-state index in [9.17, 15) is 5.11 Å². The number of hydrogen-bond donors (Lipinski definition) is 2. The predicted molar refractivity (Wildman–Crippen MR) is 296 cm³/mol. The highest BCUT2D eigenvalue weighted by Gasteiger charge is 2.47. The minimum absolute atomic E-state index is 0.160. The van der Waals surface area contributed by atoms with Crippen LogP contribution in [0.2, 0.25) is 0 Å². The first-order valence-corrected chi connectivity index (χ1v) is 27.7. The molecular formula is C58H117NO15. The summed E-state index contributed by atoms with van der Waals surface area (Å²) in [5.41, 5.74) is -5.66. The third-order valence-corrected chi connectivity index (χ3v) is 15.5. The summed E-state index contributed by atoms with van der Waals surface area (Å²) in [6.45, 7) is 51.4. The van der Waals surface area contributed by atoms with Crippen LogP contribution in [0.15, 0.2) is 12.8 Å². The van der Waals surface area contributed by atoms with Crippen molar-refractivity contribution >= 4 is 0 Å². The van der Waals surface area contributed by atoms with Gasteiger partial charge < -0.3 is 71.4 Å². The monoisotopic (exact) mass is 1070 g/mol. The maximum atomic E-state index is 12.3. The van der Waals surface area contributed by atoms with Gasteiger partial charge in [-0.05, 0) is 147 Å². The molecule has 2 N–H and O–H groups in total. The smallest absolute Gasteiger partial charge is 0.132 e. The molecule has 0 spiro atoms. The predicted octanol–water partition coefficient (Wildman–Crippen LogP) is 10.1. The summed E-state index contributed by atoms with van der Waals surface area (Å²) < 4.78 is 84.3. The van der Waals surface area contributed by atoms with Crippen LogP contribution < -0.4 is 5.32 Å². The maximum absolute atomic E-state index is 12.3. The van der Waals surface area contributed by atoms with Gasteiger partial charge in [0.05, 0.1) is 145 Å². The van der Waals surface area contributed by atoms with Crippen LogP contribution in [0.1, 0.15) is 170 Å². The molecule has 0 aliphatic carbocycles. The van der Waals surface area contributed by atoms with Crippen molar-refractivity contribution < 1.29 is 71.4 Å². The van der Waals surface area contributed by atoms with Gasteiger partial charge >= 0.3 is 0 Å². The van der Waals surface area contributed by atoms with Crippen LogP contribution in [0, 0.1) is 10.8 Å². The Bertz CT molecular complexity index is 1410. The van der Waals surface area contributed by atoms with E-state index >= 15 is 0 Å². The van der Waals surface area contributed by atoms with Crippen LogP contribution >= 0.6 is 0 Å². The number of hydrogen-bond acceptors (Lipinski definition) is 16. The zero-order valence-electron chi connectivity index (χ0n) is 51.4. The van der Waals surface area contributed by atoms with Crippen LogP contribution in [0.25, 0.3) is 0 Å². The van der Waals surface area contributed by atoms with E-state index in [1.165, 1.54) is 6.26 Å². The third kappa shape index (κ3) is 29.8. The lowest BCUT2D eigenvalue weighted by Crippen LogP contribution is -2.63. The molecule has 0 saturated carbocycles. The van der Waals surface area contributed by atoms with Gasteiger partial charge in [0.15, 0.2) is 0 Å². The molecule has 444 valence electrons. The fourth-order valence-corrected chi connectivity index (χ4v) is 7.34. The second kappa shape index (κ2) is 35.5. The molecule has 16 heteroatoms. The molecule has 74 heavy (non-hydrogen) atoms. The molecule has 0 rings (SSSR count). The molecule has 0 aliphatic rings. The van der Waals surface area contributed by atoms with Gasteiger partial charge in [-0.15, -0.1) is 0 Å². The fourth-order valence-electron chi connectivity index (χ4n) is 7.34. The molecule has 3 unspecified atom stereocenters. The molecule has 0 aliphatic heterocycles. The van der Waals surface area contributed by atoms with Crippen LogP contribution in [0.4, 0.5) is 0 Å². The zero-order chi connectivity index (χ0) is 56.8. The SMILES string of the molecule is C=COCCCCOC(C)(C)CCOC(C)(C)C(C)(O)CC(COCCOCCOCCOC)OC(C)(C)C(C)(C)CCOC(C)(C)C(C)(C)NC(COCCOCCOC)OC(C)(C)C(C)(C)CCOC(C)C. The summed E-state index contributed by atoms with van der Waals surface area (Å²) in [4.78, 5) is 0. The van der Waals surface area contributed by atoms with Gasteiger partial charge in [0.25, 0.3) is 0 Å². The number of nitrogens with one attached hydrogen (secondary N) is 1. The minimum Gasteiger partial charge on any atom is -0.502 e. The maximum Gasteiger partial charge on any atom is 0.132 e. The summed E-state index contributed by atoms with van der Waals surface area (Å²) in [7, 11) is 3.31. The first kappa shape index (κ1) is 72.9. The van der Waals surface area contributed by atoms with Gasteiger partial charge in [0.1, 0.15) is 6.23 Å². The van der Waals surface area contributed by atoms with Crippen LogP contribution in [-0.4, -0.2) is 189 Å². The molecule has 0 bridgehead atoms. The number of ether oxygens (including phenoxy) is 14. The lowest BCUT2D eigenvalue weighted by atomic mass is 9.74. The highest BCUT2D eigenvalue weighted by atomic mass is 16.6. The van der Waals surface area contributed by atoms with E-state index in [1.807, 2.05) is 20.8 Å². The van der Waals surface area contributed by atoms with Crippen molar-refractivity contribution in [1.82, 2.24) is 5.32 Å². The molecule has 0 amide bonds. The van der Waals surface area contributed by atoms with E-state index in [-0.39, 0.29) is 30.0 Å². The molecule has 0 saturated heterocycles. The summed E-state index contributed by atoms with van der Waals surface area (Å²) in [6, 6.07) is 0. The van der Waals surface area contributed by atoms with Crippen molar-refractivity contribution in [2.24, 2.45) is 10.8 Å². The molecule has 0 radical (unpaired) electrons. The van der Waals surface area contributed by atoms with Gasteiger partial charge in [-0.1, -0.05) is 34.3 Å². The largest absolute Gasteiger partial charge is 0.502 e. The van der Waals surface area contributed by atoms with E-state index < -0.39 is 51.5 Å². The van der Waals surface area contributed by atoms with E-state index in [1.54, 1.807) is 14.2 Å².